The van der Waals surface area contributed by atoms with Crippen molar-refractivity contribution in [1.82, 2.24) is 10.2 Å². The van der Waals surface area contributed by atoms with E-state index in [0.717, 1.165) is 32.6 Å². The fourth-order valence-electron chi connectivity index (χ4n) is 2.91. The quantitative estimate of drug-likeness (QED) is 0.919. The van der Waals surface area contributed by atoms with E-state index in [0.29, 0.717) is 11.5 Å². The van der Waals surface area contributed by atoms with Gasteiger partial charge in [0, 0.05) is 37.8 Å². The molecule has 1 aromatic rings. The van der Waals surface area contributed by atoms with Crippen molar-refractivity contribution < 1.29 is 8.78 Å². The molecule has 1 saturated heterocycles. The normalized spacial score (nSPS) is 21.3. The zero-order valence-electron chi connectivity index (χ0n) is 11.4. The third kappa shape index (κ3) is 3.48. The molecule has 112 valence electrons. The van der Waals surface area contributed by atoms with Crippen molar-refractivity contribution in [2.45, 2.75) is 25.3 Å². The zero-order valence-corrected chi connectivity index (χ0v) is 12.3. The molecular weight excluding hydrogens is 282 g/mol. The number of nitrogens with one attached hydrogen (secondary N) is 1. The summed E-state index contributed by atoms with van der Waals surface area (Å²) >= 11 is 0. The molecule has 2 fully saturated rings. The summed E-state index contributed by atoms with van der Waals surface area (Å²) in [7, 11) is 0. The second-order valence-corrected chi connectivity index (χ2v) is 5.62. The summed E-state index contributed by atoms with van der Waals surface area (Å²) in [5, 5.41) is 3.31. The van der Waals surface area contributed by atoms with Gasteiger partial charge in [0.15, 0.2) is 11.6 Å². The largest absolute Gasteiger partial charge is 0.314 e. The van der Waals surface area contributed by atoms with E-state index in [4.69, 9.17) is 0 Å². The van der Waals surface area contributed by atoms with Crippen LogP contribution in [0.15, 0.2) is 18.2 Å². The molecule has 0 bridgehead atoms. The number of piperazine rings is 1. The van der Waals surface area contributed by atoms with Crippen LogP contribution in [0.4, 0.5) is 8.78 Å². The van der Waals surface area contributed by atoms with Crippen molar-refractivity contribution in [2.75, 3.05) is 26.2 Å². The van der Waals surface area contributed by atoms with Gasteiger partial charge in [-0.15, -0.1) is 12.4 Å². The molecule has 0 radical (unpaired) electrons. The van der Waals surface area contributed by atoms with E-state index >= 15 is 0 Å². The predicted molar refractivity (Wildman–Crippen MR) is 78.1 cm³/mol. The maximum Gasteiger partial charge on any atom is 0.163 e. The van der Waals surface area contributed by atoms with Crippen molar-refractivity contribution in [1.29, 1.82) is 0 Å². The number of hydrogen-bond acceptors (Lipinski definition) is 2. The fraction of sp³-hybridized carbons (Fsp3) is 0.600. The third-order valence-corrected chi connectivity index (χ3v) is 4.19. The zero-order chi connectivity index (χ0) is 13.2. The van der Waals surface area contributed by atoms with E-state index < -0.39 is 11.6 Å². The number of nitrogens with zero attached hydrogens (tertiary/aromatic N) is 1. The van der Waals surface area contributed by atoms with E-state index in [2.05, 4.69) is 10.2 Å². The monoisotopic (exact) mass is 302 g/mol. The van der Waals surface area contributed by atoms with Gasteiger partial charge in [0.1, 0.15) is 0 Å². The minimum Gasteiger partial charge on any atom is -0.314 e. The van der Waals surface area contributed by atoms with Crippen LogP contribution in [0.3, 0.4) is 0 Å². The average molecular weight is 303 g/mol. The standard InChI is InChI=1S/C15H20F2N2.ClH/c16-13-3-1-2-12(15(13)17)14(10-11-4-5-11)19-8-6-18-7-9-19;/h1-3,11,14,18H,4-10H2;1H/t14-;/m1./s1. The van der Waals surface area contributed by atoms with E-state index in [1.807, 2.05) is 0 Å². The Labute approximate surface area is 124 Å². The third-order valence-electron chi connectivity index (χ3n) is 4.19. The van der Waals surface area contributed by atoms with Crippen molar-refractivity contribution in [3.8, 4) is 0 Å². The predicted octanol–water partition coefficient (Wildman–Crippen LogP) is 3.13. The van der Waals surface area contributed by atoms with Crippen LogP contribution in [-0.2, 0) is 0 Å². The highest BCUT2D eigenvalue weighted by atomic mass is 35.5. The highest BCUT2D eigenvalue weighted by Gasteiger charge is 2.32. The Morgan fingerprint density at radius 1 is 1.20 bits per heavy atom. The summed E-state index contributed by atoms with van der Waals surface area (Å²) in [6, 6.07) is 4.60. The SMILES string of the molecule is Cl.Fc1cccc([C@@H](CC2CC2)N2CCNCC2)c1F. The van der Waals surface area contributed by atoms with Crippen LogP contribution in [0.1, 0.15) is 30.9 Å². The molecule has 2 nitrogen and oxygen atoms in total. The number of hydrogen-bond donors (Lipinski definition) is 1. The van der Waals surface area contributed by atoms with Crippen molar-refractivity contribution >= 4 is 12.4 Å². The first-order chi connectivity index (χ1) is 9.25. The minimum atomic E-state index is -0.728. The lowest BCUT2D eigenvalue weighted by molar-refractivity contribution is 0.156. The molecular formula is C15H21ClF2N2. The number of rotatable bonds is 4. The van der Waals surface area contributed by atoms with Gasteiger partial charge in [-0.25, -0.2) is 8.78 Å². The molecule has 5 heteroatoms. The van der Waals surface area contributed by atoms with Crippen molar-refractivity contribution in [2.24, 2.45) is 5.92 Å². The maximum absolute atomic E-state index is 14.1. The Hall–Kier alpha value is -0.710. The van der Waals surface area contributed by atoms with E-state index in [-0.39, 0.29) is 18.4 Å². The topological polar surface area (TPSA) is 15.3 Å². The van der Waals surface area contributed by atoms with Crippen LogP contribution in [0.2, 0.25) is 0 Å². The van der Waals surface area contributed by atoms with Crippen LogP contribution in [0.5, 0.6) is 0 Å². The summed E-state index contributed by atoms with van der Waals surface area (Å²) in [6.45, 7) is 3.68. The molecule has 0 aromatic heterocycles. The summed E-state index contributed by atoms with van der Waals surface area (Å²) < 4.78 is 27.5. The average Bonchev–Trinajstić information content (AvgIpc) is 3.25. The Morgan fingerprint density at radius 2 is 1.90 bits per heavy atom. The molecule has 2 aliphatic rings. The lowest BCUT2D eigenvalue weighted by atomic mass is 9.98. The molecule has 1 heterocycles. The van der Waals surface area contributed by atoms with E-state index in [1.54, 1.807) is 12.1 Å². The van der Waals surface area contributed by atoms with Crippen molar-refractivity contribution in [3.05, 3.63) is 35.4 Å². The molecule has 1 saturated carbocycles. The number of halogens is 3. The second kappa shape index (κ2) is 6.83. The summed E-state index contributed by atoms with van der Waals surface area (Å²) in [4.78, 5) is 2.30. The molecule has 0 unspecified atom stereocenters. The summed E-state index contributed by atoms with van der Waals surface area (Å²) in [6.07, 6.45) is 3.43. The molecule has 20 heavy (non-hydrogen) atoms. The molecule has 1 aliphatic heterocycles. The van der Waals surface area contributed by atoms with Gasteiger partial charge in [0.25, 0.3) is 0 Å². The lowest BCUT2D eigenvalue weighted by Gasteiger charge is -2.35. The Kier molecular flexibility index (Phi) is 5.35. The molecule has 3 rings (SSSR count). The summed E-state index contributed by atoms with van der Waals surface area (Å²) in [5.41, 5.74) is 0.536. The van der Waals surface area contributed by atoms with Crippen LogP contribution in [0.25, 0.3) is 0 Å². The van der Waals surface area contributed by atoms with Gasteiger partial charge in [-0.05, 0) is 18.4 Å². The Bertz CT molecular complexity index is 445. The molecule has 1 aliphatic carbocycles. The van der Waals surface area contributed by atoms with Crippen LogP contribution >= 0.6 is 12.4 Å². The molecule has 1 aromatic carbocycles. The molecule has 1 atom stereocenters. The summed E-state index contributed by atoms with van der Waals surface area (Å²) in [5.74, 6) is -0.692. The van der Waals surface area contributed by atoms with Gasteiger partial charge in [0.05, 0.1) is 0 Å². The lowest BCUT2D eigenvalue weighted by Crippen LogP contribution is -2.45. The minimum absolute atomic E-state index is 0. The highest BCUT2D eigenvalue weighted by molar-refractivity contribution is 5.85. The van der Waals surface area contributed by atoms with Gasteiger partial charge in [-0.3, -0.25) is 4.90 Å². The maximum atomic E-state index is 14.1. The molecule has 1 N–H and O–H groups in total. The molecule has 0 amide bonds. The van der Waals surface area contributed by atoms with Gasteiger partial charge in [-0.1, -0.05) is 25.0 Å². The highest BCUT2D eigenvalue weighted by Crippen LogP contribution is 2.40. The van der Waals surface area contributed by atoms with Crippen LogP contribution in [0, 0.1) is 17.6 Å². The second-order valence-electron chi connectivity index (χ2n) is 5.62. The smallest absolute Gasteiger partial charge is 0.163 e. The Morgan fingerprint density at radius 3 is 2.55 bits per heavy atom. The van der Waals surface area contributed by atoms with E-state index in [1.165, 1.54) is 18.9 Å². The van der Waals surface area contributed by atoms with Gasteiger partial charge in [0.2, 0.25) is 0 Å². The first-order valence-corrected chi connectivity index (χ1v) is 7.14. The van der Waals surface area contributed by atoms with Crippen LogP contribution in [-0.4, -0.2) is 31.1 Å². The van der Waals surface area contributed by atoms with Gasteiger partial charge < -0.3 is 5.32 Å². The van der Waals surface area contributed by atoms with Crippen LogP contribution < -0.4 is 5.32 Å². The van der Waals surface area contributed by atoms with E-state index in [9.17, 15) is 8.78 Å². The number of benzene rings is 1. The van der Waals surface area contributed by atoms with Gasteiger partial charge >= 0.3 is 0 Å². The van der Waals surface area contributed by atoms with Gasteiger partial charge in [-0.2, -0.15) is 0 Å². The molecule has 0 spiro atoms. The first-order valence-electron chi connectivity index (χ1n) is 7.14. The Balaban J connectivity index is 0.00000147. The first kappa shape index (κ1) is 15.7. The fourth-order valence-corrected chi connectivity index (χ4v) is 2.91. The van der Waals surface area contributed by atoms with Crippen molar-refractivity contribution in [3.63, 3.8) is 0 Å².